The largest absolute Gasteiger partial charge is 0.382 e. The minimum Gasteiger partial charge on any atom is -0.382 e. The number of hydrogen-bond acceptors (Lipinski definition) is 3. The van der Waals surface area contributed by atoms with Gasteiger partial charge in [-0.3, -0.25) is 4.72 Å². The van der Waals surface area contributed by atoms with Crippen molar-refractivity contribution in [1.82, 2.24) is 0 Å². The van der Waals surface area contributed by atoms with E-state index in [-0.39, 0.29) is 5.75 Å². The zero-order valence-corrected chi connectivity index (χ0v) is 12.9. The van der Waals surface area contributed by atoms with Gasteiger partial charge in [0, 0.05) is 17.4 Å². The second-order valence-electron chi connectivity index (χ2n) is 4.99. The molecule has 1 unspecified atom stereocenters. The van der Waals surface area contributed by atoms with Crippen LogP contribution in [0, 0.1) is 5.92 Å². The van der Waals surface area contributed by atoms with Crippen molar-refractivity contribution in [3.63, 3.8) is 0 Å². The Bertz CT molecular complexity index is 481. The molecule has 1 atom stereocenters. The first-order chi connectivity index (χ1) is 8.88. The molecule has 19 heavy (non-hydrogen) atoms. The molecule has 2 N–H and O–H groups in total. The lowest BCUT2D eigenvalue weighted by molar-refractivity contribution is 0.511. The summed E-state index contributed by atoms with van der Waals surface area (Å²) in [5.74, 6) is 0.640. The van der Waals surface area contributed by atoms with Crippen molar-refractivity contribution in [2.24, 2.45) is 5.92 Å². The number of rotatable bonds is 7. The fraction of sp³-hybridized carbons (Fsp3) is 0.571. The Hall–Kier alpha value is -1.23. The maximum atomic E-state index is 11.4. The average molecular weight is 284 g/mol. The van der Waals surface area contributed by atoms with Crippen molar-refractivity contribution >= 4 is 21.4 Å². The second kappa shape index (κ2) is 6.80. The molecule has 0 aliphatic heterocycles. The molecule has 108 valence electrons. The van der Waals surface area contributed by atoms with Crippen LogP contribution in [0.1, 0.15) is 34.1 Å². The summed E-state index contributed by atoms with van der Waals surface area (Å²) in [6.45, 7) is 8.14. The van der Waals surface area contributed by atoms with Crippen LogP contribution in [0.15, 0.2) is 24.3 Å². The molecule has 0 saturated carbocycles. The van der Waals surface area contributed by atoms with Crippen LogP contribution in [0.4, 0.5) is 11.4 Å². The quantitative estimate of drug-likeness (QED) is 0.807. The van der Waals surface area contributed by atoms with Crippen LogP contribution in [0.5, 0.6) is 0 Å². The lowest BCUT2D eigenvalue weighted by Gasteiger charge is -2.22. The molecule has 5 heteroatoms. The Kier molecular flexibility index (Phi) is 5.66. The van der Waals surface area contributed by atoms with Crippen LogP contribution in [0.25, 0.3) is 0 Å². The third kappa shape index (κ3) is 5.11. The summed E-state index contributed by atoms with van der Waals surface area (Å²) in [4.78, 5) is 0. The fourth-order valence-electron chi connectivity index (χ4n) is 1.84. The molecule has 1 rings (SSSR count). The smallest absolute Gasteiger partial charge is 0.232 e. The van der Waals surface area contributed by atoms with Crippen LogP contribution in [-0.2, 0) is 10.0 Å². The predicted octanol–water partition coefficient (Wildman–Crippen LogP) is 3.29. The number of anilines is 2. The molecular weight excluding hydrogens is 260 g/mol. The summed E-state index contributed by atoms with van der Waals surface area (Å²) in [6, 6.07) is 7.79. The van der Waals surface area contributed by atoms with E-state index in [0.717, 1.165) is 12.1 Å². The summed E-state index contributed by atoms with van der Waals surface area (Å²) in [7, 11) is -3.20. The third-order valence-corrected chi connectivity index (χ3v) is 4.44. The molecule has 0 radical (unpaired) electrons. The Labute approximate surface area is 116 Å². The highest BCUT2D eigenvalue weighted by Crippen LogP contribution is 2.18. The van der Waals surface area contributed by atoms with Gasteiger partial charge >= 0.3 is 0 Å². The molecule has 0 aromatic heterocycles. The van der Waals surface area contributed by atoms with E-state index in [1.807, 2.05) is 12.1 Å². The SMILES string of the molecule is CCC(Nc1ccc(NS(=O)(=O)CC)cc1)C(C)C. The molecule has 0 aliphatic rings. The van der Waals surface area contributed by atoms with Crippen molar-refractivity contribution in [2.75, 3.05) is 15.8 Å². The van der Waals surface area contributed by atoms with Gasteiger partial charge in [-0.1, -0.05) is 20.8 Å². The molecule has 1 aromatic carbocycles. The van der Waals surface area contributed by atoms with Gasteiger partial charge in [0.05, 0.1) is 5.75 Å². The number of hydrogen-bond donors (Lipinski definition) is 2. The van der Waals surface area contributed by atoms with E-state index < -0.39 is 10.0 Å². The summed E-state index contributed by atoms with van der Waals surface area (Å²) in [5.41, 5.74) is 1.62. The number of nitrogens with one attached hydrogen (secondary N) is 2. The zero-order chi connectivity index (χ0) is 14.5. The topological polar surface area (TPSA) is 58.2 Å². The van der Waals surface area contributed by atoms with E-state index >= 15 is 0 Å². The van der Waals surface area contributed by atoms with E-state index in [2.05, 4.69) is 30.8 Å². The van der Waals surface area contributed by atoms with E-state index in [1.165, 1.54) is 0 Å². The first kappa shape index (κ1) is 15.8. The highest BCUT2D eigenvalue weighted by molar-refractivity contribution is 7.92. The first-order valence-electron chi connectivity index (χ1n) is 6.75. The van der Waals surface area contributed by atoms with Crippen molar-refractivity contribution in [2.45, 2.75) is 40.2 Å². The van der Waals surface area contributed by atoms with Gasteiger partial charge in [-0.05, 0) is 43.5 Å². The van der Waals surface area contributed by atoms with Gasteiger partial charge in [0.1, 0.15) is 0 Å². The minimum absolute atomic E-state index is 0.0816. The van der Waals surface area contributed by atoms with Crippen molar-refractivity contribution in [3.05, 3.63) is 24.3 Å². The van der Waals surface area contributed by atoms with E-state index in [1.54, 1.807) is 19.1 Å². The standard InChI is InChI=1S/C14H24N2O2S/c1-5-14(11(3)4)15-12-7-9-13(10-8-12)16-19(17,18)6-2/h7-11,14-16H,5-6H2,1-4H3. The Morgan fingerprint density at radius 1 is 1.05 bits per heavy atom. The highest BCUT2D eigenvalue weighted by Gasteiger charge is 2.11. The molecule has 1 aromatic rings. The Morgan fingerprint density at radius 2 is 1.58 bits per heavy atom. The van der Waals surface area contributed by atoms with Crippen molar-refractivity contribution in [3.8, 4) is 0 Å². The van der Waals surface area contributed by atoms with Gasteiger partial charge in [-0.15, -0.1) is 0 Å². The monoisotopic (exact) mass is 284 g/mol. The third-order valence-electron chi connectivity index (χ3n) is 3.13. The number of benzene rings is 1. The number of sulfonamides is 1. The predicted molar refractivity (Wildman–Crippen MR) is 82.1 cm³/mol. The fourth-order valence-corrected chi connectivity index (χ4v) is 2.48. The van der Waals surface area contributed by atoms with Gasteiger partial charge in [0.15, 0.2) is 0 Å². The summed E-state index contributed by atoms with van der Waals surface area (Å²) in [6.07, 6.45) is 1.06. The Balaban J connectivity index is 2.71. The summed E-state index contributed by atoms with van der Waals surface area (Å²) >= 11 is 0. The molecule has 0 heterocycles. The van der Waals surface area contributed by atoms with E-state index in [4.69, 9.17) is 0 Å². The molecular formula is C14H24N2O2S. The van der Waals surface area contributed by atoms with Crippen LogP contribution in [0.2, 0.25) is 0 Å². The first-order valence-corrected chi connectivity index (χ1v) is 8.40. The van der Waals surface area contributed by atoms with Gasteiger partial charge < -0.3 is 5.32 Å². The van der Waals surface area contributed by atoms with Crippen molar-refractivity contribution in [1.29, 1.82) is 0 Å². The molecule has 4 nitrogen and oxygen atoms in total. The lowest BCUT2D eigenvalue weighted by Crippen LogP contribution is -2.24. The maximum Gasteiger partial charge on any atom is 0.232 e. The van der Waals surface area contributed by atoms with Crippen LogP contribution in [0.3, 0.4) is 0 Å². The minimum atomic E-state index is -3.20. The Morgan fingerprint density at radius 3 is 2.00 bits per heavy atom. The van der Waals surface area contributed by atoms with E-state index in [0.29, 0.717) is 17.6 Å². The maximum absolute atomic E-state index is 11.4. The van der Waals surface area contributed by atoms with Gasteiger partial charge in [-0.25, -0.2) is 8.42 Å². The molecule has 0 amide bonds. The lowest BCUT2D eigenvalue weighted by atomic mass is 10.0. The van der Waals surface area contributed by atoms with Gasteiger partial charge in [-0.2, -0.15) is 0 Å². The summed E-state index contributed by atoms with van der Waals surface area (Å²) < 4.78 is 25.4. The van der Waals surface area contributed by atoms with Gasteiger partial charge in [0.2, 0.25) is 10.0 Å². The summed E-state index contributed by atoms with van der Waals surface area (Å²) in [5, 5.41) is 3.45. The molecule has 0 fully saturated rings. The van der Waals surface area contributed by atoms with Crippen molar-refractivity contribution < 1.29 is 8.42 Å². The van der Waals surface area contributed by atoms with E-state index in [9.17, 15) is 8.42 Å². The van der Waals surface area contributed by atoms with Gasteiger partial charge in [0.25, 0.3) is 0 Å². The van der Waals surface area contributed by atoms with Crippen LogP contribution in [-0.4, -0.2) is 20.2 Å². The molecule has 0 spiro atoms. The second-order valence-corrected chi connectivity index (χ2v) is 7.00. The normalized spacial score (nSPS) is 13.3. The molecule has 0 bridgehead atoms. The average Bonchev–Trinajstić information content (AvgIpc) is 2.37. The molecule has 0 aliphatic carbocycles. The highest BCUT2D eigenvalue weighted by atomic mass is 32.2. The zero-order valence-electron chi connectivity index (χ0n) is 12.1. The molecule has 0 saturated heterocycles. The van der Waals surface area contributed by atoms with Crippen LogP contribution < -0.4 is 10.0 Å². The van der Waals surface area contributed by atoms with Crippen LogP contribution >= 0.6 is 0 Å².